The normalized spacial score (nSPS) is 12.2. The Balaban J connectivity index is 2.32. The number of benzene rings is 2. The number of hydrogen-bond donors (Lipinski definition) is 2. The summed E-state index contributed by atoms with van der Waals surface area (Å²) in [5.74, 6) is 0. The Bertz CT molecular complexity index is 823. The monoisotopic (exact) mass is 408 g/mol. The van der Waals surface area contributed by atoms with E-state index in [4.69, 9.17) is 0 Å². The molecule has 0 aliphatic carbocycles. The number of sulfonamides is 1. The summed E-state index contributed by atoms with van der Waals surface area (Å²) in [6.45, 7) is 0. The lowest BCUT2D eigenvalue weighted by atomic mass is 10.2. The maximum atomic E-state index is 12.7. The fourth-order valence-electron chi connectivity index (χ4n) is 1.81. The molecule has 0 saturated heterocycles. The highest BCUT2D eigenvalue weighted by Gasteiger charge is 2.30. The van der Waals surface area contributed by atoms with Gasteiger partial charge in [0.05, 0.1) is 16.1 Å². The molecule has 0 aromatic heterocycles. The first kappa shape index (κ1) is 17.8. The molecule has 124 valence electrons. The summed E-state index contributed by atoms with van der Waals surface area (Å²) >= 11 is 3.21. The molecule has 0 fully saturated rings. The lowest BCUT2D eigenvalue weighted by molar-refractivity contribution is -0.137. The van der Waals surface area contributed by atoms with Gasteiger partial charge in [0.15, 0.2) is 0 Å². The third kappa shape index (κ3) is 4.24. The van der Waals surface area contributed by atoms with E-state index in [2.05, 4.69) is 26.0 Å². The Morgan fingerprint density at radius 1 is 1.09 bits per heavy atom. The van der Waals surface area contributed by atoms with E-state index in [0.717, 1.165) is 12.1 Å². The van der Waals surface area contributed by atoms with Crippen LogP contribution in [-0.4, -0.2) is 15.5 Å². The van der Waals surface area contributed by atoms with Crippen molar-refractivity contribution in [1.29, 1.82) is 0 Å². The third-order valence-corrected chi connectivity index (χ3v) is 5.06. The van der Waals surface area contributed by atoms with Gasteiger partial charge < -0.3 is 5.32 Å². The molecule has 9 heteroatoms. The van der Waals surface area contributed by atoms with Gasteiger partial charge in [-0.3, -0.25) is 0 Å². The molecular weight excluding hydrogens is 397 g/mol. The molecule has 0 saturated carbocycles. The van der Waals surface area contributed by atoms with Crippen molar-refractivity contribution in [3.63, 3.8) is 0 Å². The van der Waals surface area contributed by atoms with Gasteiger partial charge in [0.1, 0.15) is 0 Å². The Morgan fingerprint density at radius 2 is 1.78 bits per heavy atom. The topological polar surface area (TPSA) is 58.2 Å². The first-order chi connectivity index (χ1) is 10.6. The van der Waals surface area contributed by atoms with E-state index < -0.39 is 21.8 Å². The van der Waals surface area contributed by atoms with Crippen LogP contribution in [0.25, 0.3) is 0 Å². The van der Waals surface area contributed by atoms with Crippen molar-refractivity contribution in [1.82, 2.24) is 4.72 Å². The minimum atomic E-state index is -4.43. The Hall–Kier alpha value is -1.58. The quantitative estimate of drug-likeness (QED) is 0.799. The number of hydrogen-bond acceptors (Lipinski definition) is 3. The highest BCUT2D eigenvalue weighted by molar-refractivity contribution is 9.10. The fraction of sp³-hybridized carbons (Fsp3) is 0.143. The second kappa shape index (κ2) is 6.50. The molecule has 0 atom stereocenters. The third-order valence-electron chi connectivity index (χ3n) is 2.99. The second-order valence-electron chi connectivity index (χ2n) is 4.55. The maximum absolute atomic E-state index is 12.7. The highest BCUT2D eigenvalue weighted by Crippen LogP contribution is 2.33. The first-order valence-electron chi connectivity index (χ1n) is 6.31. The Labute approximate surface area is 139 Å². The van der Waals surface area contributed by atoms with Crippen molar-refractivity contribution < 1.29 is 21.6 Å². The average Bonchev–Trinajstić information content (AvgIpc) is 2.48. The molecule has 0 aliphatic rings. The average molecular weight is 409 g/mol. The molecule has 0 spiro atoms. The van der Waals surface area contributed by atoms with Crippen molar-refractivity contribution in [2.45, 2.75) is 11.1 Å². The van der Waals surface area contributed by atoms with E-state index in [1.165, 1.54) is 37.4 Å². The Morgan fingerprint density at radius 3 is 2.35 bits per heavy atom. The van der Waals surface area contributed by atoms with Gasteiger partial charge >= 0.3 is 6.18 Å². The van der Waals surface area contributed by atoms with Gasteiger partial charge in [-0.25, -0.2) is 13.1 Å². The van der Waals surface area contributed by atoms with Crippen molar-refractivity contribution in [2.24, 2.45) is 0 Å². The minimum absolute atomic E-state index is 0.0430. The molecule has 0 radical (unpaired) electrons. The van der Waals surface area contributed by atoms with E-state index in [0.29, 0.717) is 10.2 Å². The number of alkyl halides is 3. The van der Waals surface area contributed by atoms with Crippen LogP contribution in [0.1, 0.15) is 5.56 Å². The van der Waals surface area contributed by atoms with Crippen LogP contribution in [-0.2, 0) is 16.2 Å². The van der Waals surface area contributed by atoms with Gasteiger partial charge in [-0.05, 0) is 59.4 Å². The largest absolute Gasteiger partial charge is 0.416 e. The zero-order valence-electron chi connectivity index (χ0n) is 11.8. The van der Waals surface area contributed by atoms with E-state index in [9.17, 15) is 21.6 Å². The van der Waals surface area contributed by atoms with Gasteiger partial charge in [-0.2, -0.15) is 13.2 Å². The summed E-state index contributed by atoms with van der Waals surface area (Å²) in [6.07, 6.45) is -4.43. The van der Waals surface area contributed by atoms with Crippen molar-refractivity contribution in [3.05, 3.63) is 52.5 Å². The fourth-order valence-corrected chi connectivity index (χ4v) is 3.20. The summed E-state index contributed by atoms with van der Waals surface area (Å²) in [7, 11) is -2.30. The highest BCUT2D eigenvalue weighted by atomic mass is 79.9. The summed E-state index contributed by atoms with van der Waals surface area (Å²) in [5.41, 5.74) is -0.0860. The Kier molecular flexibility index (Phi) is 5.02. The van der Waals surface area contributed by atoms with Gasteiger partial charge in [0.25, 0.3) is 0 Å². The van der Waals surface area contributed by atoms with Crippen LogP contribution in [0.4, 0.5) is 24.5 Å². The van der Waals surface area contributed by atoms with Crippen LogP contribution < -0.4 is 10.0 Å². The summed E-state index contributed by atoms with van der Waals surface area (Å²) < 4.78 is 64.1. The van der Waals surface area contributed by atoms with Gasteiger partial charge in [0.2, 0.25) is 10.0 Å². The minimum Gasteiger partial charge on any atom is -0.355 e. The van der Waals surface area contributed by atoms with Gasteiger partial charge in [-0.15, -0.1) is 0 Å². The van der Waals surface area contributed by atoms with Crippen LogP contribution in [0.15, 0.2) is 51.8 Å². The number of rotatable bonds is 4. The van der Waals surface area contributed by atoms with Crippen LogP contribution in [0.3, 0.4) is 0 Å². The van der Waals surface area contributed by atoms with Crippen molar-refractivity contribution in [3.8, 4) is 0 Å². The predicted molar refractivity (Wildman–Crippen MR) is 85.1 cm³/mol. The molecule has 0 amide bonds. The van der Waals surface area contributed by atoms with Crippen LogP contribution in [0, 0.1) is 0 Å². The zero-order chi connectivity index (χ0) is 17.3. The molecule has 0 heterocycles. The van der Waals surface area contributed by atoms with E-state index in [1.807, 2.05) is 0 Å². The van der Waals surface area contributed by atoms with Gasteiger partial charge in [-0.1, -0.05) is 6.07 Å². The summed E-state index contributed by atoms with van der Waals surface area (Å²) in [4.78, 5) is 0.0430. The summed E-state index contributed by atoms with van der Waals surface area (Å²) in [6, 6.07) is 8.91. The molecule has 4 nitrogen and oxygen atoms in total. The molecule has 0 bridgehead atoms. The van der Waals surface area contributed by atoms with E-state index in [1.54, 1.807) is 0 Å². The first-order valence-corrected chi connectivity index (χ1v) is 8.58. The molecule has 2 rings (SSSR count). The second-order valence-corrected chi connectivity index (χ2v) is 7.29. The lowest BCUT2D eigenvalue weighted by Gasteiger charge is -2.12. The molecule has 2 N–H and O–H groups in total. The number of halogens is 4. The predicted octanol–water partition coefficient (Wildman–Crippen LogP) is 4.12. The maximum Gasteiger partial charge on any atom is 0.416 e. The van der Waals surface area contributed by atoms with E-state index in [-0.39, 0.29) is 10.6 Å². The zero-order valence-corrected chi connectivity index (χ0v) is 14.2. The molecular formula is C14H12BrF3N2O2S. The molecule has 2 aromatic rings. The molecule has 23 heavy (non-hydrogen) atoms. The lowest BCUT2D eigenvalue weighted by Crippen LogP contribution is -2.18. The number of nitrogens with one attached hydrogen (secondary N) is 2. The van der Waals surface area contributed by atoms with Crippen molar-refractivity contribution in [2.75, 3.05) is 12.4 Å². The number of anilines is 2. The smallest absolute Gasteiger partial charge is 0.355 e. The van der Waals surface area contributed by atoms with E-state index >= 15 is 0 Å². The molecule has 0 unspecified atom stereocenters. The molecule has 2 aromatic carbocycles. The van der Waals surface area contributed by atoms with Gasteiger partial charge in [0, 0.05) is 10.2 Å². The van der Waals surface area contributed by atoms with Crippen LogP contribution in [0.5, 0.6) is 0 Å². The van der Waals surface area contributed by atoms with Crippen molar-refractivity contribution >= 4 is 37.3 Å². The summed E-state index contributed by atoms with van der Waals surface area (Å²) in [5, 5.41) is 2.82. The standard InChI is InChI=1S/C14H12BrF3N2O2S/c1-19-23(21,22)11-5-6-13(12(15)8-11)20-10-4-2-3-9(7-10)14(16,17)18/h2-8,19-20H,1H3. The molecule has 0 aliphatic heterocycles. The van der Waals surface area contributed by atoms with Crippen LogP contribution in [0.2, 0.25) is 0 Å². The SMILES string of the molecule is CNS(=O)(=O)c1ccc(Nc2cccc(C(F)(F)F)c2)c(Br)c1. The van der Waals surface area contributed by atoms with Crippen LogP contribution >= 0.6 is 15.9 Å².